The van der Waals surface area contributed by atoms with Crippen LogP contribution in [0.5, 0.6) is 0 Å². The summed E-state index contributed by atoms with van der Waals surface area (Å²) in [5, 5.41) is 9.06. The monoisotopic (exact) mass is 275 g/mol. The molecule has 2 aromatic carbocycles. The first-order chi connectivity index (χ1) is 9.54. The molecule has 0 saturated carbocycles. The molecule has 0 heterocycles. The highest BCUT2D eigenvalue weighted by molar-refractivity contribution is 6.02. The molecule has 0 bridgehead atoms. The number of halogens is 3. The molecule has 0 radical (unpaired) electrons. The van der Waals surface area contributed by atoms with Crippen molar-refractivity contribution < 1.29 is 18.0 Å². The highest BCUT2D eigenvalue weighted by Gasteiger charge is 2.25. The molecule has 0 aliphatic rings. The predicted octanol–water partition coefficient (Wildman–Crippen LogP) is 3.59. The van der Waals surface area contributed by atoms with Crippen LogP contribution >= 0.6 is 0 Å². The van der Waals surface area contributed by atoms with Crippen molar-refractivity contribution in [3.05, 3.63) is 71.0 Å². The first-order valence-corrected chi connectivity index (χ1v) is 5.68. The van der Waals surface area contributed by atoms with E-state index < -0.39 is 34.7 Å². The summed E-state index contributed by atoms with van der Waals surface area (Å²) in [5.74, 6) is -5.15. The number of ketones is 1. The molecular formula is C15H8F3NO. The van der Waals surface area contributed by atoms with Crippen LogP contribution in [-0.2, 0) is 0 Å². The Bertz CT molecular complexity index is 689. The lowest BCUT2D eigenvalue weighted by molar-refractivity contribution is 0.0974. The van der Waals surface area contributed by atoms with Crippen molar-refractivity contribution in [2.45, 2.75) is 5.92 Å². The molecule has 0 aromatic heterocycles. The first-order valence-electron chi connectivity index (χ1n) is 5.68. The van der Waals surface area contributed by atoms with Gasteiger partial charge in [-0.05, 0) is 29.8 Å². The fourth-order valence-corrected chi connectivity index (χ4v) is 1.79. The van der Waals surface area contributed by atoms with Gasteiger partial charge in [0.05, 0.1) is 11.6 Å². The summed E-state index contributed by atoms with van der Waals surface area (Å²) >= 11 is 0. The van der Waals surface area contributed by atoms with Gasteiger partial charge < -0.3 is 0 Å². The Morgan fingerprint density at radius 1 is 1.05 bits per heavy atom. The maximum absolute atomic E-state index is 13.6. The molecule has 0 amide bonds. The minimum atomic E-state index is -1.31. The molecule has 20 heavy (non-hydrogen) atoms. The molecule has 1 atom stereocenters. The molecular weight excluding hydrogens is 267 g/mol. The third-order valence-electron chi connectivity index (χ3n) is 2.81. The van der Waals surface area contributed by atoms with E-state index in [9.17, 15) is 18.0 Å². The molecule has 2 rings (SSSR count). The van der Waals surface area contributed by atoms with E-state index in [0.717, 1.165) is 24.3 Å². The molecule has 0 aliphatic carbocycles. The van der Waals surface area contributed by atoms with E-state index in [4.69, 9.17) is 5.26 Å². The van der Waals surface area contributed by atoms with Crippen LogP contribution in [0.25, 0.3) is 0 Å². The summed E-state index contributed by atoms with van der Waals surface area (Å²) in [5.41, 5.74) is -0.275. The quantitative estimate of drug-likeness (QED) is 0.803. The Hall–Kier alpha value is -2.61. The highest BCUT2D eigenvalue weighted by Crippen LogP contribution is 2.23. The van der Waals surface area contributed by atoms with Gasteiger partial charge >= 0.3 is 0 Å². The molecule has 0 N–H and O–H groups in total. The first kappa shape index (κ1) is 13.8. The summed E-state index contributed by atoms with van der Waals surface area (Å²) in [4.78, 5) is 12.1. The lowest BCUT2D eigenvalue weighted by atomic mass is 9.91. The summed E-state index contributed by atoms with van der Waals surface area (Å²) in [6, 6.07) is 9.60. The zero-order chi connectivity index (χ0) is 14.7. The molecule has 1 unspecified atom stereocenters. The van der Waals surface area contributed by atoms with Gasteiger partial charge in [-0.1, -0.05) is 18.2 Å². The van der Waals surface area contributed by atoms with Gasteiger partial charge in [-0.25, -0.2) is 13.2 Å². The summed E-state index contributed by atoms with van der Waals surface area (Å²) < 4.78 is 39.5. The SMILES string of the molecule is N#CC(C(=O)c1cccc(F)c1F)c1ccc(F)cc1. The second-order valence-electron chi connectivity index (χ2n) is 4.08. The van der Waals surface area contributed by atoms with Crippen LogP contribution in [0.3, 0.4) is 0 Å². The lowest BCUT2D eigenvalue weighted by Gasteiger charge is -2.09. The summed E-state index contributed by atoms with van der Waals surface area (Å²) in [7, 11) is 0. The molecule has 0 saturated heterocycles. The summed E-state index contributed by atoms with van der Waals surface area (Å²) in [6.07, 6.45) is 0. The Labute approximate surface area is 113 Å². The van der Waals surface area contributed by atoms with Crippen molar-refractivity contribution in [1.82, 2.24) is 0 Å². The largest absolute Gasteiger partial charge is 0.292 e. The van der Waals surface area contributed by atoms with E-state index >= 15 is 0 Å². The van der Waals surface area contributed by atoms with Crippen LogP contribution < -0.4 is 0 Å². The van der Waals surface area contributed by atoms with Crippen LogP contribution in [0.1, 0.15) is 21.8 Å². The highest BCUT2D eigenvalue weighted by atomic mass is 19.2. The van der Waals surface area contributed by atoms with Crippen LogP contribution in [0, 0.1) is 28.8 Å². The van der Waals surface area contributed by atoms with Gasteiger partial charge in [0.25, 0.3) is 0 Å². The number of Topliss-reactive ketones (excluding diaryl/α,β-unsaturated/α-hetero) is 1. The number of hydrogen-bond acceptors (Lipinski definition) is 2. The number of nitrogens with zero attached hydrogens (tertiary/aromatic N) is 1. The van der Waals surface area contributed by atoms with Crippen LogP contribution in [0.15, 0.2) is 42.5 Å². The van der Waals surface area contributed by atoms with Crippen LogP contribution in [0.4, 0.5) is 13.2 Å². The molecule has 2 nitrogen and oxygen atoms in total. The number of benzene rings is 2. The number of rotatable bonds is 3. The molecule has 5 heteroatoms. The van der Waals surface area contributed by atoms with Crippen LogP contribution in [0.2, 0.25) is 0 Å². The molecule has 100 valence electrons. The van der Waals surface area contributed by atoms with E-state index in [1.807, 2.05) is 0 Å². The van der Waals surface area contributed by atoms with Crippen molar-refractivity contribution in [2.75, 3.05) is 0 Å². The van der Waals surface area contributed by atoms with Crippen molar-refractivity contribution in [2.24, 2.45) is 0 Å². The van der Waals surface area contributed by atoms with E-state index in [0.29, 0.717) is 0 Å². The minimum absolute atomic E-state index is 0.225. The van der Waals surface area contributed by atoms with Gasteiger partial charge in [-0.3, -0.25) is 4.79 Å². The molecule has 0 fully saturated rings. The Morgan fingerprint density at radius 3 is 2.30 bits per heavy atom. The number of carbonyl (C=O) groups excluding carboxylic acids is 1. The fraction of sp³-hybridized carbons (Fsp3) is 0.0667. The molecule has 0 spiro atoms. The second kappa shape index (κ2) is 5.57. The van der Waals surface area contributed by atoms with Gasteiger partial charge in [0.1, 0.15) is 11.7 Å². The van der Waals surface area contributed by atoms with Gasteiger partial charge in [0, 0.05) is 0 Å². The Balaban J connectivity index is 2.42. The van der Waals surface area contributed by atoms with Gasteiger partial charge in [0.2, 0.25) is 0 Å². The summed E-state index contributed by atoms with van der Waals surface area (Å²) in [6.45, 7) is 0. The topological polar surface area (TPSA) is 40.9 Å². The smallest absolute Gasteiger partial charge is 0.187 e. The van der Waals surface area contributed by atoms with E-state index in [2.05, 4.69) is 0 Å². The van der Waals surface area contributed by atoms with Gasteiger partial charge in [0.15, 0.2) is 17.4 Å². The maximum Gasteiger partial charge on any atom is 0.187 e. The van der Waals surface area contributed by atoms with Gasteiger partial charge in [-0.15, -0.1) is 0 Å². The minimum Gasteiger partial charge on any atom is -0.292 e. The number of carbonyl (C=O) groups is 1. The van der Waals surface area contributed by atoms with Crippen molar-refractivity contribution >= 4 is 5.78 Å². The lowest BCUT2D eigenvalue weighted by Crippen LogP contribution is -2.13. The Kier molecular flexibility index (Phi) is 3.85. The normalized spacial score (nSPS) is 11.7. The number of nitriles is 1. The van der Waals surface area contributed by atoms with Crippen molar-refractivity contribution in [3.63, 3.8) is 0 Å². The zero-order valence-corrected chi connectivity index (χ0v) is 10.1. The van der Waals surface area contributed by atoms with E-state index in [1.54, 1.807) is 6.07 Å². The van der Waals surface area contributed by atoms with Crippen LogP contribution in [-0.4, -0.2) is 5.78 Å². The maximum atomic E-state index is 13.6. The van der Waals surface area contributed by atoms with Crippen molar-refractivity contribution in [1.29, 1.82) is 5.26 Å². The third-order valence-corrected chi connectivity index (χ3v) is 2.81. The third kappa shape index (κ3) is 2.54. The average molecular weight is 275 g/mol. The average Bonchev–Trinajstić information content (AvgIpc) is 2.44. The Morgan fingerprint density at radius 2 is 1.70 bits per heavy atom. The fourth-order valence-electron chi connectivity index (χ4n) is 1.79. The van der Waals surface area contributed by atoms with E-state index in [1.165, 1.54) is 18.2 Å². The number of hydrogen-bond donors (Lipinski definition) is 0. The zero-order valence-electron chi connectivity index (χ0n) is 10.1. The van der Waals surface area contributed by atoms with Crippen molar-refractivity contribution in [3.8, 4) is 6.07 Å². The van der Waals surface area contributed by atoms with Gasteiger partial charge in [-0.2, -0.15) is 5.26 Å². The standard InChI is InChI=1S/C15H8F3NO/c16-10-6-4-9(5-7-10)12(8-19)15(20)11-2-1-3-13(17)14(11)18/h1-7,12H. The van der Waals surface area contributed by atoms with E-state index in [-0.39, 0.29) is 5.56 Å². The predicted molar refractivity (Wildman–Crippen MR) is 65.4 cm³/mol. The molecule has 2 aromatic rings. The second-order valence-corrected chi connectivity index (χ2v) is 4.08. The molecule has 0 aliphatic heterocycles.